The van der Waals surface area contributed by atoms with Gasteiger partial charge in [0.2, 0.25) is 0 Å². The first-order chi connectivity index (χ1) is 2.77. The van der Waals surface area contributed by atoms with E-state index in [4.69, 9.17) is 5.11 Å². The van der Waals surface area contributed by atoms with Crippen molar-refractivity contribution in [2.45, 2.75) is 4.93 Å². The topological polar surface area (TPSA) is 32.8 Å². The summed E-state index contributed by atoms with van der Waals surface area (Å²) in [6.07, 6.45) is 0. The summed E-state index contributed by atoms with van der Waals surface area (Å²) in [7, 11) is 0. The fourth-order valence-electron chi connectivity index (χ4n) is 0.175. The van der Waals surface area contributed by atoms with Crippen LogP contribution in [0.15, 0.2) is 0 Å². The van der Waals surface area contributed by atoms with Crippen molar-refractivity contribution in [2.24, 2.45) is 0 Å². The third kappa shape index (κ3) is 0.668. The molecule has 0 aromatic carbocycles. The zero-order valence-electron chi connectivity index (χ0n) is 3.22. The number of ether oxygens (including phenoxy) is 1. The van der Waals surface area contributed by atoms with Crippen molar-refractivity contribution in [1.29, 1.82) is 0 Å². The molecule has 0 bridgehead atoms. The highest BCUT2D eigenvalue weighted by Crippen LogP contribution is 2.29. The van der Waals surface area contributed by atoms with Crippen molar-refractivity contribution in [3.63, 3.8) is 0 Å². The molecule has 6 heavy (non-hydrogen) atoms. The van der Waals surface area contributed by atoms with E-state index in [1.807, 2.05) is 0 Å². The fourth-order valence-corrected chi connectivity index (χ4v) is 0.239. The van der Waals surface area contributed by atoms with Crippen LogP contribution in [0.25, 0.3) is 0 Å². The zero-order valence-corrected chi connectivity index (χ0v) is 4.11. The normalized spacial score (nSPS) is 43.0. The van der Waals surface area contributed by atoms with Gasteiger partial charge in [0, 0.05) is 0 Å². The number of rotatable bonds is 1. The molecule has 0 aromatic heterocycles. The van der Waals surface area contributed by atoms with Crippen LogP contribution in [0.1, 0.15) is 0 Å². The first kappa shape index (κ1) is 4.43. The van der Waals surface area contributed by atoms with E-state index in [0.717, 1.165) is 0 Å². The van der Waals surface area contributed by atoms with E-state index in [2.05, 4.69) is 17.4 Å². The third-order valence-electron chi connectivity index (χ3n) is 0.725. The molecule has 1 heterocycles. The van der Waals surface area contributed by atoms with Crippen LogP contribution in [0.2, 0.25) is 0 Å². The van der Waals surface area contributed by atoms with Crippen molar-refractivity contribution in [3.05, 3.63) is 0 Å². The van der Waals surface area contributed by atoms with Gasteiger partial charge in [0.1, 0.15) is 0 Å². The van der Waals surface area contributed by atoms with Crippen LogP contribution in [0.4, 0.5) is 0 Å². The Morgan fingerprint density at radius 2 is 2.50 bits per heavy atom. The van der Waals surface area contributed by atoms with Crippen LogP contribution in [0, 0.1) is 0 Å². The molecule has 0 aliphatic carbocycles. The monoisotopic (exact) mass is 106 g/mol. The van der Waals surface area contributed by atoms with Crippen molar-refractivity contribution in [1.82, 2.24) is 0 Å². The summed E-state index contributed by atoms with van der Waals surface area (Å²) in [5.74, 6) is 0. The highest BCUT2D eigenvalue weighted by atomic mass is 32.1. The van der Waals surface area contributed by atoms with E-state index in [1.165, 1.54) is 0 Å². The van der Waals surface area contributed by atoms with E-state index < -0.39 is 4.93 Å². The highest BCUT2D eigenvalue weighted by Gasteiger charge is 2.39. The fraction of sp³-hybridized carbons (Fsp3) is 1.00. The minimum atomic E-state index is -0.458. The van der Waals surface area contributed by atoms with Gasteiger partial charge in [-0.1, -0.05) is 0 Å². The zero-order chi connectivity index (χ0) is 4.62. The average molecular weight is 106 g/mol. The summed E-state index contributed by atoms with van der Waals surface area (Å²) in [5, 5.41) is 8.26. The van der Waals surface area contributed by atoms with Gasteiger partial charge in [-0.15, -0.1) is 12.6 Å². The van der Waals surface area contributed by atoms with Crippen LogP contribution < -0.4 is 0 Å². The van der Waals surface area contributed by atoms with Crippen molar-refractivity contribution in [3.8, 4) is 0 Å². The molecule has 3 heteroatoms. The Balaban J connectivity index is 2.28. The summed E-state index contributed by atoms with van der Waals surface area (Å²) in [6, 6.07) is 0. The van der Waals surface area contributed by atoms with Gasteiger partial charge in [0.15, 0.2) is 4.93 Å². The Kier molecular flexibility index (Phi) is 0.825. The molecule has 1 aliphatic heterocycles. The lowest BCUT2D eigenvalue weighted by Crippen LogP contribution is -2.05. The molecular weight excluding hydrogens is 100 g/mol. The number of aliphatic hydroxyl groups excluding tert-OH is 1. The Labute approximate surface area is 41.5 Å². The number of epoxide rings is 1. The molecular formula is C3H6O2S. The Morgan fingerprint density at radius 3 is 2.50 bits per heavy atom. The maximum atomic E-state index is 8.26. The van der Waals surface area contributed by atoms with Gasteiger partial charge in [-0.05, 0) is 0 Å². The van der Waals surface area contributed by atoms with E-state index in [0.29, 0.717) is 6.61 Å². The lowest BCUT2D eigenvalue weighted by atomic mass is 10.5. The standard InChI is InChI=1S/C3H6O2S/c4-1-3(6)2-5-3/h4,6H,1-2H2/t3-/m0/s1. The molecule has 1 rings (SSSR count). The second kappa shape index (κ2) is 1.12. The molecule has 0 radical (unpaired) electrons. The number of thiol groups is 1. The molecule has 0 spiro atoms. The predicted octanol–water partition coefficient (Wildman–Crippen LogP) is -0.365. The summed E-state index contributed by atoms with van der Waals surface area (Å²) in [6.45, 7) is 0.614. The average Bonchev–Trinajstić information content (AvgIpc) is 2.22. The van der Waals surface area contributed by atoms with E-state index in [9.17, 15) is 0 Å². The molecule has 2 nitrogen and oxygen atoms in total. The van der Waals surface area contributed by atoms with Crippen LogP contribution in [-0.4, -0.2) is 23.3 Å². The first-order valence-corrected chi connectivity index (χ1v) is 2.19. The van der Waals surface area contributed by atoms with Gasteiger partial charge in [-0.2, -0.15) is 0 Å². The van der Waals surface area contributed by atoms with Gasteiger partial charge in [0.05, 0.1) is 13.2 Å². The van der Waals surface area contributed by atoms with Crippen molar-refractivity contribution >= 4 is 12.6 Å². The Bertz CT molecular complexity index is 59.8. The maximum absolute atomic E-state index is 8.26. The lowest BCUT2D eigenvalue weighted by molar-refractivity contribution is 0.228. The number of aliphatic hydroxyl groups is 1. The van der Waals surface area contributed by atoms with Crippen molar-refractivity contribution < 1.29 is 9.84 Å². The summed E-state index contributed by atoms with van der Waals surface area (Å²) in [5.41, 5.74) is 0. The van der Waals surface area contributed by atoms with Gasteiger partial charge in [0.25, 0.3) is 0 Å². The quantitative estimate of drug-likeness (QED) is 0.353. The predicted molar refractivity (Wildman–Crippen MR) is 24.8 cm³/mol. The molecule has 1 aliphatic rings. The summed E-state index contributed by atoms with van der Waals surface area (Å²) < 4.78 is 4.66. The van der Waals surface area contributed by atoms with Crippen molar-refractivity contribution in [2.75, 3.05) is 13.2 Å². The van der Waals surface area contributed by atoms with Gasteiger partial charge >= 0.3 is 0 Å². The minimum Gasteiger partial charge on any atom is -0.392 e. The number of hydrogen-bond acceptors (Lipinski definition) is 3. The SMILES string of the molecule is OC[C@]1(S)CO1. The molecule has 1 saturated heterocycles. The molecule has 0 amide bonds. The smallest absolute Gasteiger partial charge is 0.157 e. The summed E-state index contributed by atoms with van der Waals surface area (Å²) in [4.78, 5) is -0.458. The van der Waals surface area contributed by atoms with E-state index >= 15 is 0 Å². The van der Waals surface area contributed by atoms with Gasteiger partial charge < -0.3 is 9.84 Å². The summed E-state index contributed by atoms with van der Waals surface area (Å²) >= 11 is 3.89. The molecule has 1 N–H and O–H groups in total. The number of hydrogen-bond donors (Lipinski definition) is 2. The van der Waals surface area contributed by atoms with Crippen LogP contribution in [0.5, 0.6) is 0 Å². The molecule has 0 aromatic rings. The largest absolute Gasteiger partial charge is 0.392 e. The van der Waals surface area contributed by atoms with E-state index in [-0.39, 0.29) is 6.61 Å². The molecule has 1 fully saturated rings. The Morgan fingerprint density at radius 1 is 2.00 bits per heavy atom. The second-order valence-electron chi connectivity index (χ2n) is 1.39. The second-order valence-corrected chi connectivity index (χ2v) is 2.21. The van der Waals surface area contributed by atoms with Gasteiger partial charge in [-0.3, -0.25) is 0 Å². The van der Waals surface area contributed by atoms with Crippen LogP contribution in [-0.2, 0) is 4.74 Å². The third-order valence-corrected chi connectivity index (χ3v) is 1.12. The first-order valence-electron chi connectivity index (χ1n) is 1.74. The highest BCUT2D eigenvalue weighted by molar-refractivity contribution is 7.82. The molecule has 1 atom stereocenters. The van der Waals surface area contributed by atoms with Crippen LogP contribution in [0.3, 0.4) is 0 Å². The van der Waals surface area contributed by atoms with Gasteiger partial charge in [-0.25, -0.2) is 0 Å². The molecule has 0 saturated carbocycles. The van der Waals surface area contributed by atoms with E-state index in [1.54, 1.807) is 0 Å². The Hall–Kier alpha value is 0.270. The minimum absolute atomic E-state index is 0.0239. The molecule has 36 valence electrons. The lowest BCUT2D eigenvalue weighted by Gasteiger charge is -1.90. The van der Waals surface area contributed by atoms with Crippen LogP contribution >= 0.6 is 12.6 Å². The maximum Gasteiger partial charge on any atom is 0.157 e. The molecule has 0 unspecified atom stereocenters.